The summed E-state index contributed by atoms with van der Waals surface area (Å²) in [4.78, 5) is 11.7. The summed E-state index contributed by atoms with van der Waals surface area (Å²) in [7, 11) is 1.91. The minimum atomic E-state index is 0.0186. The number of rotatable bonds is 4. The van der Waals surface area contributed by atoms with Gasteiger partial charge >= 0.3 is 0 Å². The van der Waals surface area contributed by atoms with Gasteiger partial charge in [0.2, 0.25) is 0 Å². The van der Waals surface area contributed by atoms with Crippen LogP contribution in [0, 0.1) is 0 Å². The van der Waals surface area contributed by atoms with Crippen molar-refractivity contribution in [1.29, 1.82) is 0 Å². The standard InChI is InChI=1S/C13H15N3O/c1-15-9-10-16(11-15)14-13(17)8-7-12-5-3-2-4-6-12/h2-6,9-11H,7-8H2,1H3/p+1. The number of benzene rings is 1. The van der Waals surface area contributed by atoms with Crippen molar-refractivity contribution in [2.45, 2.75) is 12.8 Å². The third kappa shape index (κ3) is 3.45. The summed E-state index contributed by atoms with van der Waals surface area (Å²) in [6.07, 6.45) is 6.74. The number of carbonyl (C=O) groups excluding carboxylic acids is 1. The first-order valence-electron chi connectivity index (χ1n) is 5.61. The number of nitrogens with zero attached hydrogens (tertiary/aromatic N) is 2. The van der Waals surface area contributed by atoms with Gasteiger partial charge in [0, 0.05) is 6.42 Å². The van der Waals surface area contributed by atoms with E-state index in [-0.39, 0.29) is 5.91 Å². The highest BCUT2D eigenvalue weighted by molar-refractivity contribution is 5.83. The predicted molar refractivity (Wildman–Crippen MR) is 64.7 cm³/mol. The molecule has 1 aromatic carbocycles. The van der Waals surface area contributed by atoms with Gasteiger partial charge in [-0.1, -0.05) is 30.3 Å². The summed E-state index contributed by atoms with van der Waals surface area (Å²) in [5.74, 6) is 0.0186. The Kier molecular flexibility index (Phi) is 3.55. The van der Waals surface area contributed by atoms with Crippen molar-refractivity contribution in [1.82, 2.24) is 4.68 Å². The SMILES string of the molecule is C[n+]1ccn(NC(=O)CCc2ccccc2)c1. The Morgan fingerprint density at radius 3 is 2.76 bits per heavy atom. The van der Waals surface area contributed by atoms with Crippen LogP contribution >= 0.6 is 0 Å². The Labute approximate surface area is 100 Å². The van der Waals surface area contributed by atoms with Crippen molar-refractivity contribution in [2.24, 2.45) is 7.05 Å². The molecule has 0 radical (unpaired) electrons. The fraction of sp³-hybridized carbons (Fsp3) is 0.231. The molecule has 1 N–H and O–H groups in total. The Morgan fingerprint density at radius 1 is 1.35 bits per heavy atom. The summed E-state index contributed by atoms with van der Waals surface area (Å²) in [6.45, 7) is 0. The van der Waals surface area contributed by atoms with E-state index in [0.29, 0.717) is 6.42 Å². The van der Waals surface area contributed by atoms with Crippen molar-refractivity contribution < 1.29 is 9.36 Å². The predicted octanol–water partition coefficient (Wildman–Crippen LogP) is 1.02. The number of hydrogen-bond acceptors (Lipinski definition) is 1. The molecule has 0 saturated carbocycles. The number of carbonyl (C=O) groups is 1. The summed E-state index contributed by atoms with van der Waals surface area (Å²) in [6, 6.07) is 10.0. The van der Waals surface area contributed by atoms with Crippen LogP contribution < -0.4 is 9.99 Å². The lowest BCUT2D eigenvalue weighted by atomic mass is 10.1. The van der Waals surface area contributed by atoms with Crippen molar-refractivity contribution >= 4 is 5.91 Å². The zero-order chi connectivity index (χ0) is 12.1. The highest BCUT2D eigenvalue weighted by Crippen LogP contribution is 2.02. The Hall–Kier alpha value is -2.10. The van der Waals surface area contributed by atoms with Crippen molar-refractivity contribution in [3.63, 3.8) is 0 Å². The maximum atomic E-state index is 11.7. The molecule has 1 amide bonds. The molecule has 2 aromatic rings. The van der Waals surface area contributed by atoms with Crippen LogP contribution in [0.25, 0.3) is 0 Å². The molecule has 0 unspecified atom stereocenters. The Morgan fingerprint density at radius 2 is 2.12 bits per heavy atom. The van der Waals surface area contributed by atoms with Crippen LogP contribution in [-0.4, -0.2) is 10.6 Å². The molecule has 0 bridgehead atoms. The smallest absolute Gasteiger partial charge is 0.267 e. The monoisotopic (exact) mass is 230 g/mol. The number of nitrogens with one attached hydrogen (secondary N) is 1. The summed E-state index contributed by atoms with van der Waals surface area (Å²) < 4.78 is 3.53. The molecule has 4 nitrogen and oxygen atoms in total. The van der Waals surface area contributed by atoms with E-state index in [9.17, 15) is 4.79 Å². The first-order valence-corrected chi connectivity index (χ1v) is 5.61. The molecular formula is C13H16N3O+. The van der Waals surface area contributed by atoms with Gasteiger partial charge in [-0.2, -0.15) is 5.43 Å². The van der Waals surface area contributed by atoms with Crippen molar-refractivity contribution in [2.75, 3.05) is 5.43 Å². The summed E-state index contributed by atoms with van der Waals surface area (Å²) in [5.41, 5.74) is 3.97. The molecule has 4 heteroatoms. The lowest BCUT2D eigenvalue weighted by molar-refractivity contribution is -0.670. The molecule has 0 spiro atoms. The third-order valence-corrected chi connectivity index (χ3v) is 2.51. The molecule has 2 rings (SSSR count). The molecule has 88 valence electrons. The lowest BCUT2D eigenvalue weighted by Gasteiger charge is -2.01. The maximum absolute atomic E-state index is 11.7. The van der Waals surface area contributed by atoms with Crippen LogP contribution in [0.4, 0.5) is 0 Å². The van der Waals surface area contributed by atoms with E-state index in [1.165, 1.54) is 5.56 Å². The minimum Gasteiger partial charge on any atom is -0.272 e. The second-order valence-electron chi connectivity index (χ2n) is 4.01. The van der Waals surface area contributed by atoms with Gasteiger partial charge in [0.05, 0.1) is 7.05 Å². The van der Waals surface area contributed by atoms with Gasteiger partial charge in [-0.25, -0.2) is 4.57 Å². The highest BCUT2D eigenvalue weighted by atomic mass is 16.2. The molecule has 0 saturated heterocycles. The second kappa shape index (κ2) is 5.30. The van der Waals surface area contributed by atoms with Gasteiger partial charge in [-0.05, 0) is 12.0 Å². The second-order valence-corrected chi connectivity index (χ2v) is 4.01. The normalized spacial score (nSPS) is 10.2. The third-order valence-electron chi connectivity index (χ3n) is 2.51. The molecular weight excluding hydrogens is 214 g/mol. The number of hydrogen-bond donors (Lipinski definition) is 1. The van der Waals surface area contributed by atoms with Gasteiger partial charge in [-0.15, -0.1) is 4.68 Å². The quantitative estimate of drug-likeness (QED) is 0.782. The molecule has 0 atom stereocenters. The zero-order valence-corrected chi connectivity index (χ0v) is 9.84. The topological polar surface area (TPSA) is 37.9 Å². The first-order chi connectivity index (χ1) is 8.24. The van der Waals surface area contributed by atoms with Gasteiger partial charge in [0.15, 0.2) is 6.20 Å². The van der Waals surface area contributed by atoms with Crippen LogP contribution in [0.5, 0.6) is 0 Å². The van der Waals surface area contributed by atoms with E-state index >= 15 is 0 Å². The Bertz CT molecular complexity index is 490. The maximum Gasteiger partial charge on any atom is 0.267 e. The van der Waals surface area contributed by atoms with Gasteiger partial charge in [0.25, 0.3) is 12.2 Å². The Balaban J connectivity index is 1.82. The van der Waals surface area contributed by atoms with E-state index < -0.39 is 0 Å². The summed E-state index contributed by atoms with van der Waals surface area (Å²) >= 11 is 0. The van der Waals surface area contributed by atoms with E-state index in [0.717, 1.165) is 6.42 Å². The molecule has 0 aliphatic heterocycles. The summed E-state index contributed by atoms with van der Waals surface area (Å²) in [5, 5.41) is 0. The van der Waals surface area contributed by atoms with E-state index in [1.54, 1.807) is 17.2 Å². The molecule has 1 heterocycles. The van der Waals surface area contributed by atoms with Crippen molar-refractivity contribution in [3.05, 3.63) is 54.6 Å². The zero-order valence-electron chi connectivity index (χ0n) is 9.84. The molecule has 17 heavy (non-hydrogen) atoms. The molecule has 0 aliphatic rings. The van der Waals surface area contributed by atoms with Crippen LogP contribution in [0.15, 0.2) is 49.1 Å². The molecule has 0 fully saturated rings. The average Bonchev–Trinajstić information content (AvgIpc) is 2.73. The van der Waals surface area contributed by atoms with Crippen molar-refractivity contribution in [3.8, 4) is 0 Å². The van der Waals surface area contributed by atoms with E-state index in [1.807, 2.05) is 48.1 Å². The number of imidazole rings is 1. The minimum absolute atomic E-state index is 0.0186. The number of amides is 1. The lowest BCUT2D eigenvalue weighted by Crippen LogP contribution is -2.27. The fourth-order valence-corrected chi connectivity index (χ4v) is 1.62. The van der Waals surface area contributed by atoms with Crippen LogP contribution in [0.3, 0.4) is 0 Å². The number of aryl methyl sites for hydroxylation is 2. The fourth-order valence-electron chi connectivity index (χ4n) is 1.62. The molecule has 1 aromatic heterocycles. The highest BCUT2D eigenvalue weighted by Gasteiger charge is 2.06. The van der Waals surface area contributed by atoms with Gasteiger partial charge in [-0.3, -0.25) is 4.79 Å². The van der Waals surface area contributed by atoms with E-state index in [2.05, 4.69) is 5.43 Å². The van der Waals surface area contributed by atoms with Crippen LogP contribution in [-0.2, 0) is 18.3 Å². The largest absolute Gasteiger partial charge is 0.272 e. The van der Waals surface area contributed by atoms with Gasteiger partial charge in [0.1, 0.15) is 6.20 Å². The van der Waals surface area contributed by atoms with Crippen LogP contribution in [0.1, 0.15) is 12.0 Å². The first kappa shape index (κ1) is 11.4. The molecule has 0 aliphatic carbocycles. The van der Waals surface area contributed by atoms with E-state index in [4.69, 9.17) is 0 Å². The average molecular weight is 230 g/mol. The van der Waals surface area contributed by atoms with Gasteiger partial charge < -0.3 is 0 Å². The van der Waals surface area contributed by atoms with Crippen LogP contribution in [0.2, 0.25) is 0 Å². The number of aromatic nitrogens is 2.